The first kappa shape index (κ1) is 19.0. The number of likely N-dealkylation sites (N-methyl/N-ethyl adjacent to an activating group) is 1. The van der Waals surface area contributed by atoms with Gasteiger partial charge < -0.3 is 4.90 Å². The fourth-order valence-corrected chi connectivity index (χ4v) is 4.67. The summed E-state index contributed by atoms with van der Waals surface area (Å²) in [5, 5.41) is 0. The number of sulfonamides is 1. The number of amides is 1. The first-order valence-electron chi connectivity index (χ1n) is 8.31. The molecule has 1 atom stereocenters. The second-order valence-corrected chi connectivity index (χ2v) is 9.21. The minimum Gasteiger partial charge on any atom is -0.335 e. The average Bonchev–Trinajstić information content (AvgIpc) is 3.12. The highest BCUT2D eigenvalue weighted by atomic mass is 79.9. The standard InChI is InChI=1S/C18H20BrN3O3S/c1-21(26(24,25)16-7-3-9-20-12-16)13-18(23)22-10-4-8-17(22)14-5-2-6-15(19)11-14/h2-3,5-7,9,11-12,17H,4,8,10,13H2,1H3. The van der Waals surface area contributed by atoms with Crippen molar-refractivity contribution in [3.8, 4) is 0 Å². The minimum absolute atomic E-state index is 0.0190. The van der Waals surface area contributed by atoms with Crippen LogP contribution in [0.4, 0.5) is 0 Å². The molecule has 26 heavy (non-hydrogen) atoms. The lowest BCUT2D eigenvalue weighted by molar-refractivity contribution is -0.132. The third-order valence-electron chi connectivity index (χ3n) is 4.51. The Kier molecular flexibility index (Phi) is 5.74. The van der Waals surface area contributed by atoms with E-state index < -0.39 is 10.0 Å². The third kappa shape index (κ3) is 3.97. The molecule has 138 valence electrons. The van der Waals surface area contributed by atoms with Crippen LogP contribution in [0.25, 0.3) is 0 Å². The van der Waals surface area contributed by atoms with Gasteiger partial charge in [-0.1, -0.05) is 28.1 Å². The molecule has 0 radical (unpaired) electrons. The Morgan fingerprint density at radius 1 is 1.35 bits per heavy atom. The third-order valence-corrected chi connectivity index (χ3v) is 6.79. The largest absolute Gasteiger partial charge is 0.335 e. The molecule has 2 heterocycles. The Morgan fingerprint density at radius 3 is 2.85 bits per heavy atom. The van der Waals surface area contributed by atoms with Crippen molar-refractivity contribution in [2.24, 2.45) is 0 Å². The summed E-state index contributed by atoms with van der Waals surface area (Å²) in [5.74, 6) is -0.192. The summed E-state index contributed by atoms with van der Waals surface area (Å²) >= 11 is 3.46. The summed E-state index contributed by atoms with van der Waals surface area (Å²) in [6, 6.07) is 10.9. The van der Waals surface area contributed by atoms with Crippen molar-refractivity contribution in [3.63, 3.8) is 0 Å². The van der Waals surface area contributed by atoms with Gasteiger partial charge in [0.15, 0.2) is 0 Å². The molecule has 3 rings (SSSR count). The molecule has 1 amide bonds. The van der Waals surface area contributed by atoms with Crippen LogP contribution in [0.2, 0.25) is 0 Å². The van der Waals surface area contributed by atoms with E-state index in [-0.39, 0.29) is 23.4 Å². The highest BCUT2D eigenvalue weighted by Crippen LogP contribution is 2.33. The molecule has 1 fully saturated rings. The smallest absolute Gasteiger partial charge is 0.244 e. The predicted molar refractivity (Wildman–Crippen MR) is 102 cm³/mol. The van der Waals surface area contributed by atoms with E-state index in [0.29, 0.717) is 6.54 Å². The van der Waals surface area contributed by atoms with Crippen molar-refractivity contribution in [2.45, 2.75) is 23.8 Å². The molecule has 1 aromatic heterocycles. The van der Waals surface area contributed by atoms with E-state index in [9.17, 15) is 13.2 Å². The molecule has 1 saturated heterocycles. The zero-order chi connectivity index (χ0) is 18.7. The first-order valence-corrected chi connectivity index (χ1v) is 10.5. The minimum atomic E-state index is -3.74. The highest BCUT2D eigenvalue weighted by molar-refractivity contribution is 9.10. The topological polar surface area (TPSA) is 70.6 Å². The summed E-state index contributed by atoms with van der Waals surface area (Å²) < 4.78 is 27.2. The van der Waals surface area contributed by atoms with Crippen LogP contribution in [0.1, 0.15) is 24.4 Å². The fraction of sp³-hybridized carbons (Fsp3) is 0.333. The molecule has 2 aromatic rings. The zero-order valence-corrected chi connectivity index (χ0v) is 16.8. The van der Waals surface area contributed by atoms with E-state index in [1.54, 1.807) is 11.0 Å². The summed E-state index contributed by atoms with van der Waals surface area (Å²) in [7, 11) is -2.32. The average molecular weight is 438 g/mol. The molecule has 0 aliphatic carbocycles. The number of halogens is 1. The molecular formula is C18H20BrN3O3S. The number of carbonyl (C=O) groups excluding carboxylic acids is 1. The maximum Gasteiger partial charge on any atom is 0.244 e. The predicted octanol–water partition coefficient (Wildman–Crippen LogP) is 2.83. The number of aromatic nitrogens is 1. The van der Waals surface area contributed by atoms with Gasteiger partial charge in [-0.2, -0.15) is 4.31 Å². The number of likely N-dealkylation sites (tertiary alicyclic amines) is 1. The normalized spacial score (nSPS) is 17.7. The van der Waals surface area contributed by atoms with Crippen molar-refractivity contribution in [2.75, 3.05) is 20.1 Å². The Morgan fingerprint density at radius 2 is 2.15 bits per heavy atom. The van der Waals surface area contributed by atoms with Crippen LogP contribution >= 0.6 is 15.9 Å². The molecule has 6 nitrogen and oxygen atoms in total. The van der Waals surface area contributed by atoms with Crippen molar-refractivity contribution in [1.82, 2.24) is 14.2 Å². The summed E-state index contributed by atoms with van der Waals surface area (Å²) in [6.07, 6.45) is 4.58. The van der Waals surface area contributed by atoms with Gasteiger partial charge in [-0.25, -0.2) is 8.42 Å². The lowest BCUT2D eigenvalue weighted by atomic mass is 10.0. The lowest BCUT2D eigenvalue weighted by Crippen LogP contribution is -2.40. The van der Waals surface area contributed by atoms with Crippen LogP contribution in [0.3, 0.4) is 0 Å². The molecule has 1 aliphatic rings. The maximum absolute atomic E-state index is 12.8. The SMILES string of the molecule is CN(CC(=O)N1CCCC1c1cccc(Br)c1)S(=O)(=O)c1cccnc1. The quantitative estimate of drug-likeness (QED) is 0.720. The molecule has 8 heteroatoms. The van der Waals surface area contributed by atoms with Gasteiger partial charge in [0.1, 0.15) is 4.90 Å². The van der Waals surface area contributed by atoms with Crippen LogP contribution in [-0.4, -0.2) is 48.7 Å². The van der Waals surface area contributed by atoms with Gasteiger partial charge in [-0.05, 0) is 42.7 Å². The zero-order valence-electron chi connectivity index (χ0n) is 14.4. The second-order valence-electron chi connectivity index (χ2n) is 6.25. The van der Waals surface area contributed by atoms with Crippen LogP contribution in [0, 0.1) is 0 Å². The number of carbonyl (C=O) groups is 1. The van der Waals surface area contributed by atoms with E-state index in [4.69, 9.17) is 0 Å². The van der Waals surface area contributed by atoms with E-state index in [1.807, 2.05) is 24.3 Å². The number of benzene rings is 1. The maximum atomic E-state index is 12.8. The lowest BCUT2D eigenvalue weighted by Gasteiger charge is -2.27. The number of rotatable bonds is 5. The van der Waals surface area contributed by atoms with Crippen LogP contribution in [0.15, 0.2) is 58.2 Å². The van der Waals surface area contributed by atoms with Crippen molar-refractivity contribution in [3.05, 3.63) is 58.8 Å². The van der Waals surface area contributed by atoms with Crippen molar-refractivity contribution in [1.29, 1.82) is 0 Å². The van der Waals surface area contributed by atoms with Crippen LogP contribution < -0.4 is 0 Å². The summed E-state index contributed by atoms with van der Waals surface area (Å²) in [4.78, 5) is 18.5. The molecule has 0 N–H and O–H groups in total. The number of nitrogens with zero attached hydrogens (tertiary/aromatic N) is 3. The summed E-state index contributed by atoms with van der Waals surface area (Å²) in [5.41, 5.74) is 1.06. The Labute approximate surface area is 162 Å². The van der Waals surface area contributed by atoms with Crippen LogP contribution in [-0.2, 0) is 14.8 Å². The van der Waals surface area contributed by atoms with Gasteiger partial charge >= 0.3 is 0 Å². The second kappa shape index (κ2) is 7.85. The fourth-order valence-electron chi connectivity index (χ4n) is 3.17. The van der Waals surface area contributed by atoms with E-state index in [1.165, 1.54) is 25.5 Å². The van der Waals surface area contributed by atoms with Gasteiger partial charge in [0, 0.05) is 30.5 Å². The Bertz CT molecular complexity index is 890. The van der Waals surface area contributed by atoms with Gasteiger partial charge in [-0.15, -0.1) is 0 Å². The van der Waals surface area contributed by atoms with Crippen molar-refractivity contribution >= 4 is 31.9 Å². The Hall–Kier alpha value is -1.77. The number of hydrogen-bond acceptors (Lipinski definition) is 4. The van der Waals surface area contributed by atoms with E-state index in [0.717, 1.165) is 27.2 Å². The Balaban J connectivity index is 1.75. The van der Waals surface area contributed by atoms with Crippen LogP contribution in [0.5, 0.6) is 0 Å². The molecule has 1 aromatic carbocycles. The summed E-state index contributed by atoms with van der Waals surface area (Å²) in [6.45, 7) is 0.443. The number of pyridine rings is 1. The monoisotopic (exact) mass is 437 g/mol. The van der Waals surface area contributed by atoms with E-state index >= 15 is 0 Å². The molecular weight excluding hydrogens is 418 g/mol. The van der Waals surface area contributed by atoms with E-state index in [2.05, 4.69) is 20.9 Å². The molecule has 1 unspecified atom stereocenters. The molecule has 0 spiro atoms. The van der Waals surface area contributed by atoms with Gasteiger partial charge in [-0.3, -0.25) is 9.78 Å². The first-order chi connectivity index (χ1) is 12.4. The van der Waals surface area contributed by atoms with Crippen molar-refractivity contribution < 1.29 is 13.2 Å². The highest BCUT2D eigenvalue weighted by Gasteiger charge is 2.32. The van der Waals surface area contributed by atoms with Gasteiger partial charge in [0.25, 0.3) is 0 Å². The molecule has 0 saturated carbocycles. The molecule has 0 bridgehead atoms. The number of hydrogen-bond donors (Lipinski definition) is 0. The molecule has 1 aliphatic heterocycles. The van der Waals surface area contributed by atoms with Gasteiger partial charge in [0.05, 0.1) is 12.6 Å². The van der Waals surface area contributed by atoms with Gasteiger partial charge in [0.2, 0.25) is 15.9 Å².